The first-order chi connectivity index (χ1) is 13.1. The fraction of sp³-hybridized carbons (Fsp3) is 0.650. The van der Waals surface area contributed by atoms with Crippen molar-refractivity contribution < 1.29 is 14.3 Å². The highest BCUT2D eigenvalue weighted by Crippen LogP contribution is 2.33. The predicted octanol–water partition coefficient (Wildman–Crippen LogP) is 3.13. The summed E-state index contributed by atoms with van der Waals surface area (Å²) < 4.78 is 11.2. The minimum absolute atomic E-state index is 0.0987. The van der Waals surface area contributed by atoms with Gasteiger partial charge in [0.25, 0.3) is 0 Å². The van der Waals surface area contributed by atoms with Gasteiger partial charge >= 0.3 is 0 Å². The Bertz CT molecular complexity index is 632. The summed E-state index contributed by atoms with van der Waals surface area (Å²) in [7, 11) is 0. The molecule has 5 nitrogen and oxygen atoms in total. The third-order valence-electron chi connectivity index (χ3n) is 5.33. The van der Waals surface area contributed by atoms with Crippen LogP contribution in [0.4, 0.5) is 0 Å². The minimum atomic E-state index is 0.0987. The van der Waals surface area contributed by atoms with E-state index in [0.717, 1.165) is 61.4 Å². The number of rotatable bonds is 8. The number of nitrogens with zero attached hydrogens (tertiary/aromatic N) is 1. The summed E-state index contributed by atoms with van der Waals surface area (Å²) in [4.78, 5) is 14.8. The van der Waals surface area contributed by atoms with E-state index in [2.05, 4.69) is 10.2 Å². The Morgan fingerprint density at radius 1 is 1.41 bits per heavy atom. The summed E-state index contributed by atoms with van der Waals surface area (Å²) in [6, 6.07) is 5.62. The van der Waals surface area contributed by atoms with E-state index >= 15 is 0 Å². The van der Waals surface area contributed by atoms with Crippen LogP contribution >= 0.6 is 23.4 Å². The summed E-state index contributed by atoms with van der Waals surface area (Å²) in [6.45, 7) is 6.72. The van der Waals surface area contributed by atoms with Gasteiger partial charge in [-0.3, -0.25) is 9.69 Å². The van der Waals surface area contributed by atoms with Crippen molar-refractivity contribution in [1.82, 2.24) is 10.2 Å². The molecule has 2 fully saturated rings. The SMILES string of the molecule is Cc1cc(OCCCC(=O)NCC2(N3CCOCC3)CCSC2)ccc1Cl. The number of ether oxygens (including phenoxy) is 2. The maximum Gasteiger partial charge on any atom is 0.220 e. The van der Waals surface area contributed by atoms with Gasteiger partial charge in [0.1, 0.15) is 5.75 Å². The number of carbonyl (C=O) groups is 1. The molecule has 0 spiro atoms. The molecule has 7 heteroatoms. The number of carbonyl (C=O) groups excluding carboxylic acids is 1. The molecule has 1 amide bonds. The quantitative estimate of drug-likeness (QED) is 0.665. The molecule has 150 valence electrons. The second-order valence-corrected chi connectivity index (χ2v) is 8.78. The van der Waals surface area contributed by atoms with Crippen LogP contribution in [0.1, 0.15) is 24.8 Å². The third kappa shape index (κ3) is 5.76. The van der Waals surface area contributed by atoms with Crippen LogP contribution in [0.2, 0.25) is 5.02 Å². The molecule has 1 N–H and O–H groups in total. The first-order valence-corrected chi connectivity index (χ1v) is 11.2. The van der Waals surface area contributed by atoms with Gasteiger partial charge in [-0.2, -0.15) is 11.8 Å². The first-order valence-electron chi connectivity index (χ1n) is 9.65. The van der Waals surface area contributed by atoms with Gasteiger partial charge in [0.2, 0.25) is 5.91 Å². The van der Waals surface area contributed by atoms with Crippen molar-refractivity contribution in [2.75, 3.05) is 51.0 Å². The van der Waals surface area contributed by atoms with Crippen molar-refractivity contribution in [2.45, 2.75) is 31.7 Å². The highest BCUT2D eigenvalue weighted by molar-refractivity contribution is 7.99. The number of halogens is 1. The standard InChI is InChI=1S/C20H29ClN2O3S/c1-16-13-17(4-5-18(16)21)26-9-2-3-19(24)22-14-20(6-12-27-15-20)23-7-10-25-11-8-23/h4-5,13H,2-3,6-12,14-15H2,1H3,(H,22,24). The number of morpholine rings is 1. The summed E-state index contributed by atoms with van der Waals surface area (Å²) in [5.41, 5.74) is 1.09. The molecular formula is C20H29ClN2O3S. The summed E-state index contributed by atoms with van der Waals surface area (Å²) in [6.07, 6.45) is 2.32. The second-order valence-electron chi connectivity index (χ2n) is 7.27. The lowest BCUT2D eigenvalue weighted by Crippen LogP contribution is -2.59. The normalized spacial score (nSPS) is 23.3. The molecule has 0 radical (unpaired) electrons. The number of hydrogen-bond acceptors (Lipinski definition) is 5. The van der Waals surface area contributed by atoms with Crippen LogP contribution in [-0.4, -0.2) is 67.3 Å². The van der Waals surface area contributed by atoms with E-state index in [1.807, 2.05) is 36.9 Å². The highest BCUT2D eigenvalue weighted by atomic mass is 35.5. The summed E-state index contributed by atoms with van der Waals surface area (Å²) >= 11 is 8.00. The molecule has 1 unspecified atom stereocenters. The molecule has 0 aliphatic carbocycles. The van der Waals surface area contributed by atoms with E-state index in [1.165, 1.54) is 5.75 Å². The van der Waals surface area contributed by atoms with Gasteiger partial charge in [0.15, 0.2) is 0 Å². The maximum atomic E-state index is 12.3. The molecule has 0 saturated carbocycles. The molecule has 1 atom stereocenters. The molecule has 2 aliphatic rings. The van der Waals surface area contributed by atoms with Crippen molar-refractivity contribution in [3.63, 3.8) is 0 Å². The van der Waals surface area contributed by atoms with Crippen molar-refractivity contribution in [3.8, 4) is 5.75 Å². The molecule has 0 aromatic heterocycles. The van der Waals surface area contributed by atoms with E-state index in [4.69, 9.17) is 21.1 Å². The van der Waals surface area contributed by atoms with Crippen molar-refractivity contribution >= 4 is 29.3 Å². The molecule has 2 aliphatic heterocycles. The molecule has 2 saturated heterocycles. The largest absolute Gasteiger partial charge is 0.494 e. The van der Waals surface area contributed by atoms with E-state index in [9.17, 15) is 4.79 Å². The summed E-state index contributed by atoms with van der Waals surface area (Å²) in [5, 5.41) is 3.91. The number of benzene rings is 1. The van der Waals surface area contributed by atoms with Crippen LogP contribution in [0.5, 0.6) is 5.75 Å². The second kappa shape index (κ2) is 10.0. The lowest BCUT2D eigenvalue weighted by Gasteiger charge is -2.43. The van der Waals surface area contributed by atoms with Gasteiger partial charge in [-0.1, -0.05) is 11.6 Å². The number of amides is 1. The van der Waals surface area contributed by atoms with Gasteiger partial charge in [-0.05, 0) is 49.3 Å². The Morgan fingerprint density at radius 2 is 2.22 bits per heavy atom. The van der Waals surface area contributed by atoms with Crippen LogP contribution in [0.3, 0.4) is 0 Å². The average molecular weight is 413 g/mol. The summed E-state index contributed by atoms with van der Waals surface area (Å²) in [5.74, 6) is 3.16. The molecule has 0 bridgehead atoms. The van der Waals surface area contributed by atoms with Crippen LogP contribution < -0.4 is 10.1 Å². The Labute approximate surface area is 171 Å². The number of hydrogen-bond donors (Lipinski definition) is 1. The van der Waals surface area contributed by atoms with Crippen LogP contribution in [-0.2, 0) is 9.53 Å². The smallest absolute Gasteiger partial charge is 0.220 e. The zero-order chi connectivity index (χ0) is 19.1. The van der Waals surface area contributed by atoms with Gasteiger partial charge in [-0.25, -0.2) is 0 Å². The number of aryl methyl sites for hydroxylation is 1. The van der Waals surface area contributed by atoms with Crippen LogP contribution in [0.25, 0.3) is 0 Å². The maximum absolute atomic E-state index is 12.3. The van der Waals surface area contributed by atoms with Crippen molar-refractivity contribution in [3.05, 3.63) is 28.8 Å². The van der Waals surface area contributed by atoms with E-state index in [1.54, 1.807) is 0 Å². The minimum Gasteiger partial charge on any atom is -0.494 e. The van der Waals surface area contributed by atoms with Gasteiger partial charge in [0.05, 0.1) is 19.8 Å². The van der Waals surface area contributed by atoms with E-state index in [-0.39, 0.29) is 11.4 Å². The van der Waals surface area contributed by atoms with Crippen LogP contribution in [0.15, 0.2) is 18.2 Å². The van der Waals surface area contributed by atoms with Gasteiger partial charge < -0.3 is 14.8 Å². The van der Waals surface area contributed by atoms with Crippen molar-refractivity contribution in [1.29, 1.82) is 0 Å². The zero-order valence-corrected chi connectivity index (χ0v) is 17.5. The first kappa shape index (κ1) is 20.8. The van der Waals surface area contributed by atoms with Crippen molar-refractivity contribution in [2.24, 2.45) is 0 Å². The molecular weight excluding hydrogens is 384 g/mol. The Hall–Kier alpha value is -0.950. The Morgan fingerprint density at radius 3 is 2.93 bits per heavy atom. The van der Waals surface area contributed by atoms with Crippen LogP contribution in [0, 0.1) is 6.92 Å². The molecule has 3 rings (SSSR count). The Balaban J connectivity index is 1.38. The molecule has 1 aromatic rings. The lowest BCUT2D eigenvalue weighted by atomic mass is 9.95. The molecule has 1 aromatic carbocycles. The van der Waals surface area contributed by atoms with E-state index < -0.39 is 0 Å². The number of thioether (sulfide) groups is 1. The molecule has 2 heterocycles. The third-order valence-corrected chi connectivity index (χ3v) is 6.98. The lowest BCUT2D eigenvalue weighted by molar-refractivity contribution is -0.122. The average Bonchev–Trinajstić information content (AvgIpc) is 3.17. The zero-order valence-electron chi connectivity index (χ0n) is 16.0. The Kier molecular flexibility index (Phi) is 7.70. The number of nitrogens with one attached hydrogen (secondary N) is 1. The molecule has 27 heavy (non-hydrogen) atoms. The van der Waals surface area contributed by atoms with Gasteiger partial charge in [0, 0.05) is 42.4 Å². The fourth-order valence-electron chi connectivity index (χ4n) is 3.62. The topological polar surface area (TPSA) is 50.8 Å². The predicted molar refractivity (Wildman–Crippen MR) is 111 cm³/mol. The fourth-order valence-corrected chi connectivity index (χ4v) is 5.21. The monoisotopic (exact) mass is 412 g/mol. The highest BCUT2D eigenvalue weighted by Gasteiger charge is 2.40. The van der Waals surface area contributed by atoms with Gasteiger partial charge in [-0.15, -0.1) is 0 Å². The van der Waals surface area contributed by atoms with E-state index in [0.29, 0.717) is 19.4 Å².